The quantitative estimate of drug-likeness (QED) is 0.523. The first-order valence-electron chi connectivity index (χ1n) is 9.63. The highest BCUT2D eigenvalue weighted by atomic mass is 16.4. The van der Waals surface area contributed by atoms with Crippen molar-refractivity contribution >= 4 is 24.1 Å². The third-order valence-electron chi connectivity index (χ3n) is 4.97. The molecule has 1 atom stereocenters. The molecule has 0 aliphatic heterocycles. The van der Waals surface area contributed by atoms with Gasteiger partial charge in [-0.15, -0.1) is 0 Å². The monoisotopic (exact) mass is 379 g/mol. The predicted molar refractivity (Wildman–Crippen MR) is 111 cm³/mol. The summed E-state index contributed by atoms with van der Waals surface area (Å²) in [6, 6.07) is 15.8. The van der Waals surface area contributed by atoms with E-state index in [1.54, 1.807) is 0 Å². The van der Waals surface area contributed by atoms with Crippen LogP contribution in [0, 0.1) is 6.92 Å². The van der Waals surface area contributed by atoms with Crippen LogP contribution in [0.3, 0.4) is 0 Å². The van der Waals surface area contributed by atoms with Gasteiger partial charge in [-0.05, 0) is 43.0 Å². The van der Waals surface area contributed by atoms with E-state index in [2.05, 4.69) is 17.2 Å². The summed E-state index contributed by atoms with van der Waals surface area (Å²) in [5.41, 5.74) is 4.04. The van der Waals surface area contributed by atoms with Gasteiger partial charge >= 0.3 is 7.12 Å². The van der Waals surface area contributed by atoms with Gasteiger partial charge in [-0.1, -0.05) is 43.3 Å². The van der Waals surface area contributed by atoms with Crippen LogP contribution in [0.15, 0.2) is 48.5 Å². The molecule has 0 bridgehead atoms. The minimum Gasteiger partial charge on any atom is -0.426 e. The molecule has 0 radical (unpaired) electrons. The van der Waals surface area contributed by atoms with Crippen molar-refractivity contribution in [3.05, 3.63) is 65.5 Å². The molecule has 0 unspecified atom stereocenters. The molecule has 1 amide bonds. The lowest BCUT2D eigenvalue weighted by Gasteiger charge is -2.18. The summed E-state index contributed by atoms with van der Waals surface area (Å²) in [4.78, 5) is 17.0. The first kappa shape index (κ1) is 20.1. The molecule has 1 heterocycles. The number of imidazole rings is 1. The van der Waals surface area contributed by atoms with Gasteiger partial charge in [0.15, 0.2) is 0 Å². The van der Waals surface area contributed by atoms with E-state index in [1.807, 2.05) is 60.0 Å². The van der Waals surface area contributed by atoms with Gasteiger partial charge in [0.1, 0.15) is 5.82 Å². The summed E-state index contributed by atoms with van der Waals surface area (Å²) in [6.07, 6.45) is 1.51. The number of fused-ring (bicyclic) bond motifs is 1. The van der Waals surface area contributed by atoms with Crippen LogP contribution in [-0.2, 0) is 24.2 Å². The maximum atomic E-state index is 12.4. The molecule has 3 aromatic rings. The number of nitrogens with one attached hydrogen (secondary N) is 1. The number of nitrogens with zero attached hydrogens (tertiary/aromatic N) is 2. The number of para-hydroxylation sites is 2. The lowest BCUT2D eigenvalue weighted by Crippen LogP contribution is -2.48. The summed E-state index contributed by atoms with van der Waals surface area (Å²) < 4.78 is 2.00. The molecule has 2 aromatic carbocycles. The van der Waals surface area contributed by atoms with Crippen molar-refractivity contribution in [2.24, 2.45) is 0 Å². The number of rotatable bonds is 8. The molecule has 1 aromatic heterocycles. The van der Waals surface area contributed by atoms with Crippen molar-refractivity contribution in [1.29, 1.82) is 0 Å². The van der Waals surface area contributed by atoms with Crippen LogP contribution in [-0.4, -0.2) is 38.6 Å². The summed E-state index contributed by atoms with van der Waals surface area (Å²) in [6.45, 7) is 4.47. The van der Waals surface area contributed by atoms with Crippen LogP contribution in [0.1, 0.15) is 30.3 Å². The van der Waals surface area contributed by atoms with E-state index in [4.69, 9.17) is 0 Å². The maximum absolute atomic E-state index is 12.4. The van der Waals surface area contributed by atoms with Crippen LogP contribution in [0.25, 0.3) is 11.0 Å². The molecule has 0 aliphatic carbocycles. The molecule has 0 fully saturated rings. The highest BCUT2D eigenvalue weighted by molar-refractivity contribution is 6.43. The third kappa shape index (κ3) is 4.80. The van der Waals surface area contributed by atoms with Gasteiger partial charge in [0.05, 0.1) is 17.0 Å². The van der Waals surface area contributed by atoms with Crippen LogP contribution in [0.4, 0.5) is 0 Å². The van der Waals surface area contributed by atoms with Crippen molar-refractivity contribution in [2.75, 3.05) is 0 Å². The van der Waals surface area contributed by atoms with E-state index >= 15 is 0 Å². The van der Waals surface area contributed by atoms with E-state index in [-0.39, 0.29) is 12.3 Å². The first-order valence-corrected chi connectivity index (χ1v) is 9.63. The summed E-state index contributed by atoms with van der Waals surface area (Å²) in [5, 5.41) is 22.2. The van der Waals surface area contributed by atoms with E-state index in [0.717, 1.165) is 28.8 Å². The number of carbonyl (C=O) groups excluding carboxylic acids is 1. The molecule has 3 N–H and O–H groups in total. The fraction of sp³-hybridized carbons (Fsp3) is 0.333. The molecule has 0 saturated carbocycles. The van der Waals surface area contributed by atoms with Gasteiger partial charge in [0, 0.05) is 13.0 Å². The maximum Gasteiger partial charge on any atom is 0.475 e. The van der Waals surface area contributed by atoms with E-state index < -0.39 is 13.1 Å². The molecule has 0 aliphatic rings. The predicted octanol–water partition coefficient (Wildman–Crippen LogP) is 2.04. The van der Waals surface area contributed by atoms with Crippen molar-refractivity contribution in [3.63, 3.8) is 0 Å². The fourth-order valence-electron chi connectivity index (χ4n) is 3.43. The summed E-state index contributed by atoms with van der Waals surface area (Å²) >= 11 is 0. The largest absolute Gasteiger partial charge is 0.475 e. The number of hydrogen-bond donors (Lipinski definition) is 3. The Morgan fingerprint density at radius 1 is 1.18 bits per heavy atom. The minimum atomic E-state index is -1.62. The van der Waals surface area contributed by atoms with Crippen LogP contribution in [0.2, 0.25) is 0 Å². The van der Waals surface area contributed by atoms with Gasteiger partial charge < -0.3 is 19.9 Å². The van der Waals surface area contributed by atoms with Crippen molar-refractivity contribution in [3.8, 4) is 0 Å². The highest BCUT2D eigenvalue weighted by Crippen LogP contribution is 2.16. The Bertz CT molecular complexity index is 955. The molecule has 6 nitrogen and oxygen atoms in total. The smallest absolute Gasteiger partial charge is 0.426 e. The first-order chi connectivity index (χ1) is 13.5. The molecule has 3 rings (SSSR count). The van der Waals surface area contributed by atoms with Gasteiger partial charge in [0.2, 0.25) is 5.91 Å². The Morgan fingerprint density at radius 2 is 1.93 bits per heavy atom. The second kappa shape index (κ2) is 9.04. The van der Waals surface area contributed by atoms with E-state index in [1.165, 1.54) is 5.56 Å². The summed E-state index contributed by atoms with van der Waals surface area (Å²) in [5.74, 6) is -0.119. The fourth-order valence-corrected chi connectivity index (χ4v) is 3.43. The number of amides is 1. The Kier molecular flexibility index (Phi) is 6.49. The molecule has 28 heavy (non-hydrogen) atoms. The number of benzene rings is 2. The molecule has 7 heteroatoms. The zero-order valence-electron chi connectivity index (χ0n) is 16.3. The average Bonchev–Trinajstić information content (AvgIpc) is 3.01. The van der Waals surface area contributed by atoms with Gasteiger partial charge in [-0.3, -0.25) is 4.79 Å². The summed E-state index contributed by atoms with van der Waals surface area (Å²) in [7, 11) is -1.62. The Balaban J connectivity index is 1.63. The number of aryl methyl sites for hydroxylation is 3. The topological polar surface area (TPSA) is 87.4 Å². The third-order valence-corrected chi connectivity index (χ3v) is 4.97. The van der Waals surface area contributed by atoms with Crippen LogP contribution in [0.5, 0.6) is 0 Å². The Morgan fingerprint density at radius 3 is 2.68 bits per heavy atom. The second-order valence-electron chi connectivity index (χ2n) is 7.01. The van der Waals surface area contributed by atoms with E-state index in [0.29, 0.717) is 13.0 Å². The molecule has 0 spiro atoms. The Hall–Kier alpha value is -2.64. The molecule has 0 saturated heterocycles. The molecular weight excluding hydrogens is 353 g/mol. The number of aromatic nitrogens is 2. The van der Waals surface area contributed by atoms with Crippen molar-refractivity contribution in [2.45, 2.75) is 45.6 Å². The van der Waals surface area contributed by atoms with Crippen molar-refractivity contribution < 1.29 is 14.8 Å². The van der Waals surface area contributed by atoms with Gasteiger partial charge in [-0.2, -0.15) is 0 Å². The highest BCUT2D eigenvalue weighted by Gasteiger charge is 2.25. The number of hydrogen-bond acceptors (Lipinski definition) is 4. The lowest BCUT2D eigenvalue weighted by atomic mass is 9.75. The average molecular weight is 379 g/mol. The van der Waals surface area contributed by atoms with Crippen LogP contribution < -0.4 is 5.32 Å². The zero-order chi connectivity index (χ0) is 20.1. The second-order valence-corrected chi connectivity index (χ2v) is 7.01. The normalized spacial score (nSPS) is 12.1. The van der Waals surface area contributed by atoms with Crippen LogP contribution >= 0.6 is 0 Å². The SMILES string of the molecule is CCc1cccc(C[C@H](NC(=O)CCn2c(C)nc3ccccc32)B(O)O)c1. The van der Waals surface area contributed by atoms with E-state index in [9.17, 15) is 14.8 Å². The van der Waals surface area contributed by atoms with Crippen molar-refractivity contribution in [1.82, 2.24) is 14.9 Å². The molecule has 146 valence electrons. The molecular formula is C21H26BN3O3. The number of carbonyl (C=O) groups is 1. The Labute approximate surface area is 165 Å². The van der Waals surface area contributed by atoms with Gasteiger partial charge in [0.25, 0.3) is 0 Å². The van der Waals surface area contributed by atoms with Gasteiger partial charge in [-0.25, -0.2) is 4.98 Å². The lowest BCUT2D eigenvalue weighted by molar-refractivity contribution is -0.121. The zero-order valence-corrected chi connectivity index (χ0v) is 16.3. The minimum absolute atomic E-state index is 0.220. The standard InChI is InChI=1S/C21H26BN3O3/c1-3-16-7-6-8-17(13-16)14-20(22(27)28)24-21(26)11-12-25-15(2)23-18-9-4-5-10-19(18)25/h4-10,13,20,27-28H,3,11-12,14H2,1-2H3,(H,24,26)/t20-/m0/s1.